The quantitative estimate of drug-likeness (QED) is 0.682. The van der Waals surface area contributed by atoms with Crippen LogP contribution >= 0.6 is 11.8 Å². The van der Waals surface area contributed by atoms with E-state index in [0.717, 1.165) is 34.0 Å². The number of carbonyl (C=O) groups excluding carboxylic acids is 1. The maximum atomic E-state index is 12.7. The summed E-state index contributed by atoms with van der Waals surface area (Å²) in [5, 5.41) is 4.83. The van der Waals surface area contributed by atoms with Gasteiger partial charge in [0.05, 0.1) is 0 Å². The first-order valence-electron chi connectivity index (χ1n) is 9.55. The molecule has 136 valence electrons. The Hall–Kier alpha value is -1.42. The van der Waals surface area contributed by atoms with Crippen molar-refractivity contribution in [1.29, 1.82) is 0 Å². The van der Waals surface area contributed by atoms with Gasteiger partial charge < -0.3 is 9.73 Å². The molecule has 4 heteroatoms. The van der Waals surface area contributed by atoms with E-state index in [1.54, 1.807) is 0 Å². The first-order chi connectivity index (χ1) is 12.1. The van der Waals surface area contributed by atoms with Gasteiger partial charge in [0, 0.05) is 28.5 Å². The first kappa shape index (κ1) is 18.4. The maximum absolute atomic E-state index is 12.7. The number of rotatable bonds is 7. The van der Waals surface area contributed by atoms with Crippen molar-refractivity contribution in [2.45, 2.75) is 63.4 Å². The van der Waals surface area contributed by atoms with Crippen LogP contribution in [0.5, 0.6) is 0 Å². The molecule has 0 saturated heterocycles. The highest BCUT2D eigenvalue weighted by Crippen LogP contribution is 2.34. The highest BCUT2D eigenvalue weighted by Gasteiger charge is 2.22. The van der Waals surface area contributed by atoms with Crippen LogP contribution in [0.4, 0.5) is 0 Å². The summed E-state index contributed by atoms with van der Waals surface area (Å²) in [6.45, 7) is 5.03. The average molecular weight is 360 g/mol. The van der Waals surface area contributed by atoms with Crippen LogP contribution in [-0.4, -0.2) is 17.7 Å². The van der Waals surface area contributed by atoms with Crippen molar-refractivity contribution < 1.29 is 9.21 Å². The van der Waals surface area contributed by atoms with Gasteiger partial charge in [-0.2, -0.15) is 11.8 Å². The van der Waals surface area contributed by atoms with E-state index in [2.05, 4.69) is 25.2 Å². The molecule has 1 heterocycles. The summed E-state index contributed by atoms with van der Waals surface area (Å²) >= 11 is 1.99. The van der Waals surface area contributed by atoms with Gasteiger partial charge in [-0.15, -0.1) is 0 Å². The number of benzene rings is 1. The van der Waals surface area contributed by atoms with Crippen molar-refractivity contribution in [1.82, 2.24) is 5.32 Å². The lowest BCUT2D eigenvalue weighted by molar-refractivity contribution is 0.0925. The highest BCUT2D eigenvalue weighted by molar-refractivity contribution is 7.99. The van der Waals surface area contributed by atoms with Gasteiger partial charge in [0.15, 0.2) is 5.76 Å². The molecule has 0 radical (unpaired) electrons. The summed E-state index contributed by atoms with van der Waals surface area (Å²) in [7, 11) is 0. The van der Waals surface area contributed by atoms with Gasteiger partial charge in [0.1, 0.15) is 5.58 Å². The molecule has 0 unspecified atom stereocenters. The van der Waals surface area contributed by atoms with E-state index >= 15 is 0 Å². The van der Waals surface area contributed by atoms with Gasteiger partial charge in [-0.05, 0) is 31.2 Å². The molecule has 3 nitrogen and oxygen atoms in total. The third-order valence-corrected chi connectivity index (χ3v) is 6.33. The van der Waals surface area contributed by atoms with Crippen LogP contribution in [-0.2, 0) is 5.75 Å². The van der Waals surface area contributed by atoms with Crippen LogP contribution in [0.3, 0.4) is 0 Å². The Morgan fingerprint density at radius 3 is 2.76 bits per heavy atom. The van der Waals surface area contributed by atoms with E-state index in [0.29, 0.717) is 18.2 Å². The molecule has 1 aromatic heterocycles. The average Bonchev–Trinajstić information content (AvgIpc) is 2.99. The number of carbonyl (C=O) groups is 1. The van der Waals surface area contributed by atoms with Gasteiger partial charge >= 0.3 is 0 Å². The highest BCUT2D eigenvalue weighted by atomic mass is 32.2. The fraction of sp³-hybridized carbons (Fsp3) is 0.571. The number of para-hydroxylation sites is 1. The SMILES string of the molecule is CC(C)CCNC(=O)c1oc2ccccc2c1CSC1CCCCC1. The molecule has 1 amide bonds. The smallest absolute Gasteiger partial charge is 0.287 e. The second-order valence-electron chi connectivity index (χ2n) is 7.42. The Kier molecular flexibility index (Phi) is 6.46. The lowest BCUT2D eigenvalue weighted by Crippen LogP contribution is -2.25. The zero-order valence-corrected chi connectivity index (χ0v) is 16.2. The van der Waals surface area contributed by atoms with Gasteiger partial charge in [0.2, 0.25) is 0 Å². The van der Waals surface area contributed by atoms with Crippen molar-refractivity contribution in [2.24, 2.45) is 5.92 Å². The van der Waals surface area contributed by atoms with Crippen LogP contribution in [0.15, 0.2) is 28.7 Å². The number of hydrogen-bond donors (Lipinski definition) is 1. The number of thioether (sulfide) groups is 1. The van der Waals surface area contributed by atoms with E-state index in [1.807, 2.05) is 30.0 Å². The Labute approximate surface area is 154 Å². The van der Waals surface area contributed by atoms with E-state index < -0.39 is 0 Å². The van der Waals surface area contributed by atoms with Crippen LogP contribution in [0.2, 0.25) is 0 Å². The molecule has 3 rings (SSSR count). The molecule has 1 fully saturated rings. The fourth-order valence-corrected chi connectivity index (χ4v) is 4.77. The van der Waals surface area contributed by atoms with Crippen molar-refractivity contribution in [3.05, 3.63) is 35.6 Å². The predicted octanol–water partition coefficient (Wildman–Crippen LogP) is 5.77. The molecule has 0 spiro atoms. The standard InChI is InChI=1S/C21H29NO2S/c1-15(2)12-13-22-21(23)20-18(14-25-16-8-4-3-5-9-16)17-10-6-7-11-19(17)24-20/h6-7,10-11,15-16H,3-5,8-9,12-14H2,1-2H3,(H,22,23). The zero-order valence-electron chi connectivity index (χ0n) is 15.3. The summed E-state index contributed by atoms with van der Waals surface area (Å²) in [6.07, 6.45) is 7.64. The molecule has 1 aromatic carbocycles. The van der Waals surface area contributed by atoms with Crippen LogP contribution in [0, 0.1) is 5.92 Å². The molecule has 0 bridgehead atoms. The normalized spacial score (nSPS) is 15.8. The van der Waals surface area contributed by atoms with Crippen molar-refractivity contribution in [3.8, 4) is 0 Å². The van der Waals surface area contributed by atoms with Gasteiger partial charge in [-0.1, -0.05) is 51.3 Å². The number of fused-ring (bicyclic) bond motifs is 1. The molecule has 0 aliphatic heterocycles. The molecule has 1 aliphatic carbocycles. The van der Waals surface area contributed by atoms with Crippen LogP contribution < -0.4 is 5.32 Å². The summed E-state index contributed by atoms with van der Waals surface area (Å²) in [5.41, 5.74) is 1.88. The van der Waals surface area contributed by atoms with E-state index in [9.17, 15) is 4.79 Å². The number of furan rings is 1. The molecule has 25 heavy (non-hydrogen) atoms. The minimum Gasteiger partial charge on any atom is -0.451 e. The Balaban J connectivity index is 1.75. The topological polar surface area (TPSA) is 42.2 Å². The van der Waals surface area contributed by atoms with E-state index in [1.165, 1.54) is 32.1 Å². The second kappa shape index (κ2) is 8.79. The Morgan fingerprint density at radius 2 is 2.00 bits per heavy atom. The Bertz CT molecular complexity index is 701. The van der Waals surface area contributed by atoms with E-state index in [4.69, 9.17) is 4.42 Å². The number of nitrogens with one attached hydrogen (secondary N) is 1. The Morgan fingerprint density at radius 1 is 1.24 bits per heavy atom. The predicted molar refractivity (Wildman–Crippen MR) is 106 cm³/mol. The van der Waals surface area contributed by atoms with Gasteiger partial charge in [-0.3, -0.25) is 4.79 Å². The van der Waals surface area contributed by atoms with Gasteiger partial charge in [0.25, 0.3) is 5.91 Å². The summed E-state index contributed by atoms with van der Waals surface area (Å²) in [4.78, 5) is 12.7. The lowest BCUT2D eigenvalue weighted by Gasteiger charge is -2.20. The molecule has 2 aromatic rings. The molecule has 0 atom stereocenters. The summed E-state index contributed by atoms with van der Waals surface area (Å²) < 4.78 is 5.93. The van der Waals surface area contributed by atoms with E-state index in [-0.39, 0.29) is 5.91 Å². The molecule has 1 saturated carbocycles. The lowest BCUT2D eigenvalue weighted by atomic mass is 10.0. The fourth-order valence-electron chi connectivity index (χ4n) is 3.41. The summed E-state index contributed by atoms with van der Waals surface area (Å²) in [5.74, 6) is 1.87. The molecular weight excluding hydrogens is 330 g/mol. The third kappa shape index (κ3) is 4.81. The molecule has 1 N–H and O–H groups in total. The zero-order chi connectivity index (χ0) is 17.6. The third-order valence-electron chi connectivity index (χ3n) is 4.93. The van der Waals surface area contributed by atoms with Crippen LogP contribution in [0.25, 0.3) is 11.0 Å². The largest absolute Gasteiger partial charge is 0.451 e. The number of hydrogen-bond acceptors (Lipinski definition) is 3. The minimum atomic E-state index is -0.0731. The minimum absolute atomic E-state index is 0.0731. The van der Waals surface area contributed by atoms with Crippen LogP contribution in [0.1, 0.15) is 68.5 Å². The van der Waals surface area contributed by atoms with Crippen molar-refractivity contribution in [2.75, 3.05) is 6.54 Å². The molecular formula is C21H29NO2S. The van der Waals surface area contributed by atoms with Gasteiger partial charge in [-0.25, -0.2) is 0 Å². The molecule has 1 aliphatic rings. The monoisotopic (exact) mass is 359 g/mol. The first-order valence-corrected chi connectivity index (χ1v) is 10.6. The second-order valence-corrected chi connectivity index (χ2v) is 8.70. The summed E-state index contributed by atoms with van der Waals surface area (Å²) in [6, 6.07) is 8.01. The van der Waals surface area contributed by atoms with Crippen molar-refractivity contribution in [3.63, 3.8) is 0 Å². The van der Waals surface area contributed by atoms with Crippen molar-refractivity contribution >= 4 is 28.6 Å². The number of amides is 1. The maximum Gasteiger partial charge on any atom is 0.287 e.